The van der Waals surface area contributed by atoms with Crippen molar-refractivity contribution >= 4 is 11.8 Å². The van der Waals surface area contributed by atoms with Crippen molar-refractivity contribution in [1.82, 2.24) is 10.2 Å². The molecule has 0 saturated carbocycles. The van der Waals surface area contributed by atoms with Gasteiger partial charge in [0.1, 0.15) is 23.6 Å². The summed E-state index contributed by atoms with van der Waals surface area (Å²) in [6.07, 6.45) is 5.00. The highest BCUT2D eigenvalue weighted by Gasteiger charge is 2.40. The first-order chi connectivity index (χ1) is 11.1. The van der Waals surface area contributed by atoms with Crippen molar-refractivity contribution in [2.75, 3.05) is 14.2 Å². The van der Waals surface area contributed by atoms with E-state index in [2.05, 4.69) is 5.32 Å². The second kappa shape index (κ2) is 6.32. The summed E-state index contributed by atoms with van der Waals surface area (Å²) in [4.78, 5) is 26.5. The molecule has 2 bridgehead atoms. The van der Waals surface area contributed by atoms with Crippen LogP contribution in [0.15, 0.2) is 30.4 Å². The molecule has 2 atom stereocenters. The molecule has 122 valence electrons. The van der Waals surface area contributed by atoms with Crippen LogP contribution in [0.25, 0.3) is 0 Å². The normalized spacial score (nSPS) is 24.7. The maximum absolute atomic E-state index is 12.6. The maximum Gasteiger partial charge on any atom is 0.246 e. The number of piperazine rings is 1. The average molecular weight is 316 g/mol. The highest BCUT2D eigenvalue weighted by Crippen LogP contribution is 2.28. The third kappa shape index (κ3) is 2.88. The number of ether oxygens (including phenoxy) is 2. The molecule has 0 radical (unpaired) electrons. The minimum Gasteiger partial charge on any atom is -0.497 e. The van der Waals surface area contributed by atoms with Crippen LogP contribution in [-0.4, -0.2) is 43.0 Å². The highest BCUT2D eigenvalue weighted by atomic mass is 16.5. The topological polar surface area (TPSA) is 67.9 Å². The molecule has 1 fully saturated rings. The number of methoxy groups -OCH3 is 2. The average Bonchev–Trinajstić information content (AvgIpc) is 2.55. The van der Waals surface area contributed by atoms with E-state index in [1.54, 1.807) is 25.2 Å². The van der Waals surface area contributed by atoms with Gasteiger partial charge in [-0.25, -0.2) is 0 Å². The molecule has 3 aliphatic heterocycles. The lowest BCUT2D eigenvalue weighted by Gasteiger charge is -2.39. The first-order valence-electron chi connectivity index (χ1n) is 7.60. The summed E-state index contributed by atoms with van der Waals surface area (Å²) in [5.41, 5.74) is 0.852. The summed E-state index contributed by atoms with van der Waals surface area (Å²) < 4.78 is 10.6. The van der Waals surface area contributed by atoms with Crippen LogP contribution in [0.3, 0.4) is 0 Å². The van der Waals surface area contributed by atoms with E-state index in [1.807, 2.05) is 24.3 Å². The number of amides is 2. The van der Waals surface area contributed by atoms with Crippen molar-refractivity contribution < 1.29 is 19.1 Å². The first-order valence-corrected chi connectivity index (χ1v) is 7.60. The highest BCUT2D eigenvalue weighted by molar-refractivity contribution is 5.97. The predicted octanol–water partition coefficient (Wildman–Crippen LogP) is 1.25. The third-order valence-electron chi connectivity index (χ3n) is 4.31. The smallest absolute Gasteiger partial charge is 0.246 e. The molecule has 0 unspecified atom stereocenters. The van der Waals surface area contributed by atoms with Crippen LogP contribution >= 0.6 is 0 Å². The van der Waals surface area contributed by atoms with Gasteiger partial charge in [0.05, 0.1) is 20.8 Å². The number of carbonyl (C=O) groups is 2. The van der Waals surface area contributed by atoms with Gasteiger partial charge in [0, 0.05) is 11.6 Å². The molecule has 6 heteroatoms. The number of nitrogens with one attached hydrogen (secondary N) is 1. The Labute approximate surface area is 135 Å². The van der Waals surface area contributed by atoms with Gasteiger partial charge in [0.2, 0.25) is 11.8 Å². The quantitative estimate of drug-likeness (QED) is 0.849. The van der Waals surface area contributed by atoms with Gasteiger partial charge < -0.3 is 19.7 Å². The molecule has 1 aromatic rings. The minimum atomic E-state index is -0.473. The number of hydrogen-bond acceptors (Lipinski definition) is 4. The lowest BCUT2D eigenvalue weighted by atomic mass is 9.97. The fraction of sp³-hybridized carbons (Fsp3) is 0.412. The van der Waals surface area contributed by atoms with Gasteiger partial charge in [0.15, 0.2) is 0 Å². The molecule has 3 heterocycles. The second-order valence-corrected chi connectivity index (χ2v) is 5.66. The summed E-state index contributed by atoms with van der Waals surface area (Å²) in [6, 6.07) is 4.53. The predicted molar refractivity (Wildman–Crippen MR) is 84.2 cm³/mol. The Hall–Kier alpha value is -2.50. The van der Waals surface area contributed by atoms with Gasteiger partial charge in [-0.05, 0) is 25.0 Å². The molecular formula is C17H20N2O4. The molecule has 6 nitrogen and oxygen atoms in total. The maximum atomic E-state index is 12.6. The van der Waals surface area contributed by atoms with Crippen LogP contribution in [0.5, 0.6) is 11.5 Å². The van der Waals surface area contributed by atoms with E-state index in [-0.39, 0.29) is 11.8 Å². The summed E-state index contributed by atoms with van der Waals surface area (Å²) in [5, 5.41) is 2.80. The fourth-order valence-corrected chi connectivity index (χ4v) is 3.03. The number of carbonyl (C=O) groups excluding carboxylic acids is 2. The molecule has 0 aliphatic carbocycles. The summed E-state index contributed by atoms with van der Waals surface area (Å²) >= 11 is 0. The molecule has 1 aromatic carbocycles. The minimum absolute atomic E-state index is 0.0446. The van der Waals surface area contributed by atoms with E-state index in [4.69, 9.17) is 9.47 Å². The number of nitrogens with zero attached hydrogens (tertiary/aromatic N) is 1. The molecule has 23 heavy (non-hydrogen) atoms. The van der Waals surface area contributed by atoms with Crippen LogP contribution in [0.1, 0.15) is 18.4 Å². The van der Waals surface area contributed by atoms with Gasteiger partial charge in [-0.15, -0.1) is 0 Å². The fourth-order valence-electron chi connectivity index (χ4n) is 3.03. The van der Waals surface area contributed by atoms with Crippen molar-refractivity contribution in [2.45, 2.75) is 31.5 Å². The van der Waals surface area contributed by atoms with E-state index in [1.165, 1.54) is 0 Å². The summed E-state index contributed by atoms with van der Waals surface area (Å²) in [5.74, 6) is 1.20. The molecular weight excluding hydrogens is 296 g/mol. The van der Waals surface area contributed by atoms with Crippen LogP contribution in [0.4, 0.5) is 0 Å². The molecule has 2 amide bonds. The van der Waals surface area contributed by atoms with Gasteiger partial charge in [-0.1, -0.05) is 12.2 Å². The SMILES string of the molecule is COc1ccc(CN2C(=O)[C@@H]3C/C=C\C[C@H]2C(=O)N3)c(OC)c1. The second-order valence-electron chi connectivity index (χ2n) is 5.66. The standard InChI is InChI=1S/C17H20N2O4/c1-22-12-8-7-11(15(9-12)23-2)10-19-14-6-4-3-5-13(17(19)21)18-16(14)20/h3-4,7-9,13-14H,5-6,10H2,1-2H3,(H,18,20)/b4-3-/t13-,14-/m0/s1. The van der Waals surface area contributed by atoms with Gasteiger partial charge in [0.25, 0.3) is 0 Å². The van der Waals surface area contributed by atoms with Crippen molar-refractivity contribution in [3.63, 3.8) is 0 Å². The molecule has 4 rings (SSSR count). The molecule has 3 aliphatic rings. The van der Waals surface area contributed by atoms with Gasteiger partial charge >= 0.3 is 0 Å². The van der Waals surface area contributed by atoms with Crippen molar-refractivity contribution in [3.8, 4) is 11.5 Å². The molecule has 0 spiro atoms. The van der Waals surface area contributed by atoms with E-state index in [9.17, 15) is 9.59 Å². The lowest BCUT2D eigenvalue weighted by molar-refractivity contribution is -0.150. The Kier molecular flexibility index (Phi) is 4.23. The monoisotopic (exact) mass is 316 g/mol. The molecule has 1 saturated heterocycles. The summed E-state index contributed by atoms with van der Waals surface area (Å²) in [7, 11) is 3.17. The van der Waals surface area contributed by atoms with Crippen molar-refractivity contribution in [2.24, 2.45) is 0 Å². The van der Waals surface area contributed by atoms with Crippen molar-refractivity contribution in [1.29, 1.82) is 0 Å². The first kappa shape index (κ1) is 15.4. The number of benzene rings is 1. The van der Waals surface area contributed by atoms with E-state index in [0.717, 1.165) is 5.56 Å². The Morgan fingerprint density at radius 2 is 1.96 bits per heavy atom. The zero-order chi connectivity index (χ0) is 16.4. The largest absolute Gasteiger partial charge is 0.497 e. The number of hydrogen-bond donors (Lipinski definition) is 1. The van der Waals surface area contributed by atoms with Crippen LogP contribution in [-0.2, 0) is 16.1 Å². The van der Waals surface area contributed by atoms with Crippen LogP contribution in [0, 0.1) is 0 Å². The van der Waals surface area contributed by atoms with Gasteiger partial charge in [-0.3, -0.25) is 9.59 Å². The Balaban J connectivity index is 1.90. The Morgan fingerprint density at radius 3 is 2.70 bits per heavy atom. The lowest BCUT2D eigenvalue weighted by Crippen LogP contribution is -2.63. The Bertz CT molecular complexity index is 656. The third-order valence-corrected chi connectivity index (χ3v) is 4.31. The number of fused-ring (bicyclic) bond motifs is 4. The molecule has 1 N–H and O–H groups in total. The van der Waals surface area contributed by atoms with Crippen LogP contribution in [0.2, 0.25) is 0 Å². The van der Waals surface area contributed by atoms with E-state index < -0.39 is 12.1 Å². The van der Waals surface area contributed by atoms with E-state index >= 15 is 0 Å². The van der Waals surface area contributed by atoms with Gasteiger partial charge in [-0.2, -0.15) is 0 Å². The zero-order valence-electron chi connectivity index (χ0n) is 13.2. The molecule has 0 aromatic heterocycles. The number of rotatable bonds is 4. The summed E-state index contributed by atoms with van der Waals surface area (Å²) in [6.45, 7) is 0.342. The van der Waals surface area contributed by atoms with Crippen molar-refractivity contribution in [3.05, 3.63) is 35.9 Å². The van der Waals surface area contributed by atoms with E-state index in [0.29, 0.717) is 30.9 Å². The Morgan fingerprint density at radius 1 is 1.17 bits per heavy atom. The zero-order valence-corrected chi connectivity index (χ0v) is 13.2. The van der Waals surface area contributed by atoms with Crippen LogP contribution < -0.4 is 14.8 Å².